The molecule has 2 atom stereocenters. The van der Waals surface area contributed by atoms with E-state index in [1.807, 2.05) is 36.4 Å². The molecule has 2 unspecified atom stereocenters. The summed E-state index contributed by atoms with van der Waals surface area (Å²) in [6.07, 6.45) is 0.0388. The zero-order valence-electron chi connectivity index (χ0n) is 16.3. The third-order valence-corrected chi connectivity index (χ3v) is 6.06. The van der Waals surface area contributed by atoms with Gasteiger partial charge in [-0.15, -0.1) is 24.0 Å². The van der Waals surface area contributed by atoms with Crippen LogP contribution >= 0.6 is 24.0 Å². The van der Waals surface area contributed by atoms with Crippen LogP contribution in [0.1, 0.15) is 17.2 Å². The van der Waals surface area contributed by atoms with Gasteiger partial charge >= 0.3 is 0 Å². The van der Waals surface area contributed by atoms with Crippen LogP contribution in [0.3, 0.4) is 0 Å². The molecule has 2 aromatic rings. The second kappa shape index (κ2) is 11.5. The molecule has 0 radical (unpaired) electrons. The van der Waals surface area contributed by atoms with Crippen LogP contribution in [0, 0.1) is 6.92 Å². The van der Waals surface area contributed by atoms with Crippen LogP contribution in [0.15, 0.2) is 64.5 Å². The number of morpholine rings is 1. The van der Waals surface area contributed by atoms with Gasteiger partial charge in [-0.1, -0.05) is 42.5 Å². The minimum atomic E-state index is -1.01. The Balaban J connectivity index is 0.00000280. The Morgan fingerprint density at radius 1 is 1.21 bits per heavy atom. The number of aryl methyl sites for hydroxylation is 1. The maximum atomic E-state index is 12.4. The lowest BCUT2D eigenvalue weighted by molar-refractivity contribution is -0.00827. The summed E-state index contributed by atoms with van der Waals surface area (Å²) in [5, 5.41) is 3.35. The molecule has 7 heteroatoms. The number of guanidine groups is 1. The monoisotopic (exact) mass is 513 g/mol. The van der Waals surface area contributed by atoms with E-state index in [2.05, 4.69) is 40.3 Å². The molecule has 0 saturated carbocycles. The van der Waals surface area contributed by atoms with Crippen molar-refractivity contribution >= 4 is 40.7 Å². The maximum Gasteiger partial charge on any atom is 0.193 e. The Labute approximate surface area is 187 Å². The SMILES string of the molecule is CN=C(NCCS(=O)c1ccccc1)N1CCOC(c2ccccc2C)C1.I. The smallest absolute Gasteiger partial charge is 0.193 e. The first-order chi connectivity index (χ1) is 13.2. The number of hydrogen-bond acceptors (Lipinski definition) is 3. The van der Waals surface area contributed by atoms with Gasteiger partial charge in [0.2, 0.25) is 0 Å². The highest BCUT2D eigenvalue weighted by molar-refractivity contribution is 14.0. The van der Waals surface area contributed by atoms with Crippen molar-refractivity contribution in [3.05, 3.63) is 65.7 Å². The van der Waals surface area contributed by atoms with Gasteiger partial charge in [-0.25, -0.2) is 0 Å². The van der Waals surface area contributed by atoms with Crippen molar-refractivity contribution in [3.63, 3.8) is 0 Å². The molecule has 2 aromatic carbocycles. The third kappa shape index (κ3) is 6.02. The van der Waals surface area contributed by atoms with Crippen LogP contribution in [0.5, 0.6) is 0 Å². The first kappa shape index (κ1) is 22.8. The van der Waals surface area contributed by atoms with Gasteiger partial charge in [0.25, 0.3) is 0 Å². The molecule has 5 nitrogen and oxygen atoms in total. The van der Waals surface area contributed by atoms with Crippen molar-refractivity contribution in [3.8, 4) is 0 Å². The Bertz CT molecular complexity index is 801. The highest BCUT2D eigenvalue weighted by Gasteiger charge is 2.25. The number of rotatable bonds is 5. The summed E-state index contributed by atoms with van der Waals surface area (Å²) in [5.74, 6) is 1.39. The van der Waals surface area contributed by atoms with Crippen LogP contribution in [0.25, 0.3) is 0 Å². The Morgan fingerprint density at radius 3 is 2.64 bits per heavy atom. The van der Waals surface area contributed by atoms with E-state index in [0.29, 0.717) is 18.9 Å². The van der Waals surface area contributed by atoms with Crippen molar-refractivity contribution in [2.45, 2.75) is 17.9 Å². The molecule has 1 fully saturated rings. The van der Waals surface area contributed by atoms with E-state index >= 15 is 0 Å². The fourth-order valence-electron chi connectivity index (χ4n) is 3.26. The lowest BCUT2D eigenvalue weighted by Crippen LogP contribution is -2.48. The summed E-state index contributed by atoms with van der Waals surface area (Å²) in [7, 11) is 0.779. The van der Waals surface area contributed by atoms with E-state index in [9.17, 15) is 4.21 Å². The molecule has 0 aromatic heterocycles. The minimum absolute atomic E-state index is 0. The van der Waals surface area contributed by atoms with E-state index in [0.717, 1.165) is 23.9 Å². The van der Waals surface area contributed by atoms with Gasteiger partial charge in [-0.05, 0) is 30.2 Å². The number of nitrogens with one attached hydrogen (secondary N) is 1. The molecule has 0 bridgehead atoms. The average Bonchev–Trinajstić information content (AvgIpc) is 2.72. The summed E-state index contributed by atoms with van der Waals surface area (Å²) in [4.78, 5) is 7.48. The van der Waals surface area contributed by atoms with Gasteiger partial charge in [0.05, 0.1) is 24.0 Å². The molecule has 1 aliphatic heterocycles. The maximum absolute atomic E-state index is 12.4. The van der Waals surface area contributed by atoms with Crippen molar-refractivity contribution < 1.29 is 8.95 Å². The molecule has 3 rings (SSSR count). The second-order valence-electron chi connectivity index (χ2n) is 6.50. The zero-order valence-corrected chi connectivity index (χ0v) is 19.5. The highest BCUT2D eigenvalue weighted by atomic mass is 127. The predicted octanol–water partition coefficient (Wildman–Crippen LogP) is 3.37. The highest BCUT2D eigenvalue weighted by Crippen LogP contribution is 2.24. The fourth-order valence-corrected chi connectivity index (χ4v) is 4.24. The van der Waals surface area contributed by atoms with Gasteiger partial charge in [-0.2, -0.15) is 0 Å². The average molecular weight is 513 g/mol. The molecule has 0 amide bonds. The number of halogens is 1. The number of benzene rings is 2. The largest absolute Gasteiger partial charge is 0.370 e. The van der Waals surface area contributed by atoms with E-state index in [-0.39, 0.29) is 30.1 Å². The molecule has 1 saturated heterocycles. The van der Waals surface area contributed by atoms with E-state index < -0.39 is 10.8 Å². The number of ether oxygens (including phenoxy) is 1. The first-order valence-electron chi connectivity index (χ1n) is 9.25. The zero-order chi connectivity index (χ0) is 19.1. The summed E-state index contributed by atoms with van der Waals surface area (Å²) >= 11 is 0. The van der Waals surface area contributed by atoms with E-state index in [1.54, 1.807) is 7.05 Å². The molecule has 0 spiro atoms. The summed E-state index contributed by atoms with van der Waals surface area (Å²) < 4.78 is 18.4. The third-order valence-electron chi connectivity index (χ3n) is 4.69. The van der Waals surface area contributed by atoms with Crippen molar-refractivity contribution in [2.24, 2.45) is 4.99 Å². The molecule has 1 N–H and O–H groups in total. The van der Waals surface area contributed by atoms with E-state index in [1.165, 1.54) is 11.1 Å². The summed E-state index contributed by atoms with van der Waals surface area (Å²) in [6, 6.07) is 17.9. The number of aliphatic imine (C=N–C) groups is 1. The topological polar surface area (TPSA) is 53.9 Å². The standard InChI is InChI=1S/C21H27N3O2S.HI/c1-17-8-6-7-11-19(17)20-16-24(13-14-26-20)21(22-2)23-12-15-27(25)18-9-4-3-5-10-18;/h3-11,20H,12-16H2,1-2H3,(H,22,23);1H. The summed E-state index contributed by atoms with van der Waals surface area (Å²) in [6.45, 7) is 4.94. The molecule has 1 heterocycles. The van der Waals surface area contributed by atoms with Gasteiger partial charge < -0.3 is 15.0 Å². The van der Waals surface area contributed by atoms with Crippen LogP contribution in [0.4, 0.5) is 0 Å². The van der Waals surface area contributed by atoms with Gasteiger partial charge in [0.1, 0.15) is 6.10 Å². The summed E-state index contributed by atoms with van der Waals surface area (Å²) in [5.41, 5.74) is 2.47. The van der Waals surface area contributed by atoms with E-state index in [4.69, 9.17) is 4.74 Å². The molecular formula is C21H28IN3O2S. The Morgan fingerprint density at radius 2 is 1.93 bits per heavy atom. The predicted molar refractivity (Wildman–Crippen MR) is 126 cm³/mol. The van der Waals surface area contributed by atoms with Gasteiger partial charge in [0, 0.05) is 30.8 Å². The molecular weight excluding hydrogens is 485 g/mol. The Hall–Kier alpha value is -1.45. The van der Waals surface area contributed by atoms with Crippen LogP contribution in [-0.2, 0) is 15.5 Å². The van der Waals surface area contributed by atoms with Crippen molar-refractivity contribution in [1.29, 1.82) is 0 Å². The fraction of sp³-hybridized carbons (Fsp3) is 0.381. The van der Waals surface area contributed by atoms with Crippen LogP contribution in [-0.4, -0.2) is 54.1 Å². The first-order valence-corrected chi connectivity index (χ1v) is 10.6. The lowest BCUT2D eigenvalue weighted by atomic mass is 10.0. The van der Waals surface area contributed by atoms with Gasteiger partial charge in [-0.3, -0.25) is 9.20 Å². The lowest BCUT2D eigenvalue weighted by Gasteiger charge is -2.35. The van der Waals surface area contributed by atoms with Crippen LogP contribution in [0.2, 0.25) is 0 Å². The minimum Gasteiger partial charge on any atom is -0.370 e. The quantitative estimate of drug-likeness (QED) is 0.379. The molecule has 1 aliphatic rings. The van der Waals surface area contributed by atoms with Gasteiger partial charge in [0.15, 0.2) is 5.96 Å². The van der Waals surface area contributed by atoms with Crippen molar-refractivity contribution in [1.82, 2.24) is 10.2 Å². The molecule has 0 aliphatic carbocycles. The van der Waals surface area contributed by atoms with Crippen LogP contribution < -0.4 is 5.32 Å². The number of hydrogen-bond donors (Lipinski definition) is 1. The van der Waals surface area contributed by atoms with Crippen molar-refractivity contribution in [2.75, 3.05) is 39.0 Å². The molecule has 152 valence electrons. The normalized spacial score (nSPS) is 18.3. The molecule has 28 heavy (non-hydrogen) atoms. The Kier molecular flexibility index (Phi) is 9.40. The second-order valence-corrected chi connectivity index (χ2v) is 8.07. The number of nitrogens with zero attached hydrogens (tertiary/aromatic N) is 2.